The van der Waals surface area contributed by atoms with Crippen molar-refractivity contribution in [3.05, 3.63) is 139 Å². The fourth-order valence-electron chi connectivity index (χ4n) is 7.45. The first-order chi connectivity index (χ1) is 20.4. The molecule has 6 aromatic carbocycles. The van der Waals surface area contributed by atoms with Gasteiger partial charge in [0, 0.05) is 39.0 Å². The molecule has 0 spiro atoms. The molecule has 3 nitrogen and oxygen atoms in total. The Hall–Kier alpha value is -5.41. The molecule has 0 unspecified atom stereocenters. The number of benzene rings is 6. The zero-order valence-electron chi connectivity index (χ0n) is 22.2. The van der Waals surface area contributed by atoms with Gasteiger partial charge in [0.05, 0.1) is 27.6 Å². The third kappa shape index (κ3) is 2.66. The second kappa shape index (κ2) is 7.61. The van der Waals surface area contributed by atoms with E-state index in [0.29, 0.717) is 0 Å². The standard InChI is InChI=1S/C38H23N3/c1-2-11-24(12-3-1)40-33-16-8-6-14-27(33)28-19-21-30-35(37(28)40)29-20-18-26-25-13-5-4-10-23(25)22-31(26)36(29)41-34-17-9-7-15-32(34)39-38(30)41/h1-21H,22H2. The van der Waals surface area contributed by atoms with Gasteiger partial charge in [0.1, 0.15) is 5.65 Å². The highest BCUT2D eigenvalue weighted by atomic mass is 15.0. The smallest absolute Gasteiger partial charge is 0.146 e. The molecule has 0 radical (unpaired) electrons. The Bertz CT molecular complexity index is 2550. The predicted octanol–water partition coefficient (Wildman–Crippen LogP) is 9.46. The van der Waals surface area contributed by atoms with Crippen molar-refractivity contribution < 1.29 is 0 Å². The van der Waals surface area contributed by atoms with E-state index in [9.17, 15) is 0 Å². The highest BCUT2D eigenvalue weighted by Crippen LogP contribution is 2.46. The summed E-state index contributed by atoms with van der Waals surface area (Å²) < 4.78 is 4.88. The van der Waals surface area contributed by atoms with Gasteiger partial charge in [0.2, 0.25) is 0 Å². The molecule has 0 aliphatic heterocycles. The summed E-state index contributed by atoms with van der Waals surface area (Å²) in [5, 5.41) is 6.24. The van der Waals surface area contributed by atoms with Crippen molar-refractivity contribution in [2.45, 2.75) is 6.42 Å². The molecule has 190 valence electrons. The van der Waals surface area contributed by atoms with Crippen LogP contribution in [0.4, 0.5) is 0 Å². The van der Waals surface area contributed by atoms with E-state index in [-0.39, 0.29) is 0 Å². The molecule has 3 aromatic heterocycles. The second-order valence-electron chi connectivity index (χ2n) is 11.2. The zero-order chi connectivity index (χ0) is 26.7. The Morgan fingerprint density at radius 3 is 2.17 bits per heavy atom. The number of rotatable bonds is 1. The lowest BCUT2D eigenvalue weighted by Gasteiger charge is -2.16. The monoisotopic (exact) mass is 521 g/mol. The third-order valence-corrected chi connectivity index (χ3v) is 9.10. The largest absolute Gasteiger partial charge is 0.309 e. The molecular weight excluding hydrogens is 498 g/mol. The highest BCUT2D eigenvalue weighted by Gasteiger charge is 2.26. The SMILES string of the molecule is c1ccc(-n2c3ccccc3c3ccc4c(c5ccc6c(c5n5c7ccccc7nc45)Cc4ccccc4-6)c32)cc1. The number of aromatic nitrogens is 3. The molecule has 9 aromatic rings. The number of hydrogen-bond donors (Lipinski definition) is 0. The normalized spacial score (nSPS) is 12.8. The first-order valence-corrected chi connectivity index (χ1v) is 14.2. The quantitative estimate of drug-likeness (QED) is 0.197. The van der Waals surface area contributed by atoms with Crippen molar-refractivity contribution in [2.75, 3.05) is 0 Å². The van der Waals surface area contributed by atoms with Crippen LogP contribution >= 0.6 is 0 Å². The van der Waals surface area contributed by atoms with E-state index in [1.165, 1.54) is 71.4 Å². The van der Waals surface area contributed by atoms with Crippen LogP contribution in [0.15, 0.2) is 127 Å². The maximum absolute atomic E-state index is 5.28. The minimum absolute atomic E-state index is 0.924. The van der Waals surface area contributed by atoms with Gasteiger partial charge in [-0.15, -0.1) is 0 Å². The average Bonchev–Trinajstić information content (AvgIpc) is 3.71. The number of fused-ring (bicyclic) bond motifs is 16. The van der Waals surface area contributed by atoms with E-state index in [1.54, 1.807) is 0 Å². The Morgan fingerprint density at radius 1 is 0.512 bits per heavy atom. The molecule has 0 saturated heterocycles. The Morgan fingerprint density at radius 2 is 1.24 bits per heavy atom. The molecular formula is C38H23N3. The molecule has 0 atom stereocenters. The van der Waals surface area contributed by atoms with Gasteiger partial charge >= 0.3 is 0 Å². The van der Waals surface area contributed by atoms with Crippen LogP contribution in [0.25, 0.3) is 77.0 Å². The first kappa shape index (κ1) is 21.4. The van der Waals surface area contributed by atoms with Gasteiger partial charge in [0.15, 0.2) is 0 Å². The van der Waals surface area contributed by atoms with Crippen molar-refractivity contribution in [2.24, 2.45) is 0 Å². The lowest BCUT2D eigenvalue weighted by atomic mass is 9.97. The Balaban J connectivity index is 1.52. The van der Waals surface area contributed by atoms with Gasteiger partial charge in [-0.1, -0.05) is 91.0 Å². The van der Waals surface area contributed by atoms with E-state index in [1.807, 2.05) is 0 Å². The Kier molecular flexibility index (Phi) is 3.98. The fraction of sp³-hybridized carbons (Fsp3) is 0.0263. The Labute approximate surface area is 235 Å². The number of nitrogens with zero attached hydrogens (tertiary/aromatic N) is 3. The molecule has 3 heteroatoms. The molecule has 1 aliphatic rings. The summed E-state index contributed by atoms with van der Waals surface area (Å²) in [6.07, 6.45) is 0.924. The second-order valence-corrected chi connectivity index (χ2v) is 11.2. The van der Waals surface area contributed by atoms with E-state index in [2.05, 4.69) is 136 Å². The topological polar surface area (TPSA) is 22.2 Å². The fourth-order valence-corrected chi connectivity index (χ4v) is 7.45. The van der Waals surface area contributed by atoms with Crippen molar-refractivity contribution in [1.82, 2.24) is 14.0 Å². The van der Waals surface area contributed by atoms with E-state index in [4.69, 9.17) is 4.98 Å². The molecule has 0 fully saturated rings. The van der Waals surface area contributed by atoms with Gasteiger partial charge in [-0.2, -0.15) is 0 Å². The highest BCUT2D eigenvalue weighted by molar-refractivity contribution is 6.28. The molecule has 0 bridgehead atoms. The van der Waals surface area contributed by atoms with Crippen molar-refractivity contribution in [1.29, 1.82) is 0 Å². The minimum Gasteiger partial charge on any atom is -0.309 e. The van der Waals surface area contributed by atoms with Crippen molar-refractivity contribution >= 4 is 60.2 Å². The van der Waals surface area contributed by atoms with Crippen LogP contribution in [-0.4, -0.2) is 14.0 Å². The first-order valence-electron chi connectivity index (χ1n) is 14.2. The summed E-state index contributed by atoms with van der Waals surface area (Å²) in [5.41, 5.74) is 13.6. The van der Waals surface area contributed by atoms with Crippen molar-refractivity contribution in [3.8, 4) is 16.8 Å². The molecule has 10 rings (SSSR count). The van der Waals surface area contributed by atoms with E-state index < -0.39 is 0 Å². The van der Waals surface area contributed by atoms with Gasteiger partial charge in [0.25, 0.3) is 0 Å². The number of hydrogen-bond acceptors (Lipinski definition) is 1. The third-order valence-electron chi connectivity index (χ3n) is 9.10. The van der Waals surface area contributed by atoms with Gasteiger partial charge < -0.3 is 4.57 Å². The number of para-hydroxylation sites is 4. The van der Waals surface area contributed by atoms with Crippen LogP contribution < -0.4 is 0 Å². The lowest BCUT2D eigenvalue weighted by molar-refractivity contribution is 1.19. The van der Waals surface area contributed by atoms with Crippen LogP contribution in [-0.2, 0) is 6.42 Å². The molecule has 0 amide bonds. The average molecular weight is 522 g/mol. The van der Waals surface area contributed by atoms with Crippen LogP contribution in [0.3, 0.4) is 0 Å². The summed E-state index contributed by atoms with van der Waals surface area (Å²) in [7, 11) is 0. The maximum Gasteiger partial charge on any atom is 0.146 e. The van der Waals surface area contributed by atoms with E-state index >= 15 is 0 Å². The number of imidazole rings is 1. The minimum atomic E-state index is 0.924. The predicted molar refractivity (Wildman–Crippen MR) is 170 cm³/mol. The van der Waals surface area contributed by atoms with E-state index in [0.717, 1.165) is 23.1 Å². The summed E-state index contributed by atoms with van der Waals surface area (Å²) in [6, 6.07) is 46.3. The summed E-state index contributed by atoms with van der Waals surface area (Å²) >= 11 is 0. The number of pyridine rings is 1. The summed E-state index contributed by atoms with van der Waals surface area (Å²) in [5.74, 6) is 0. The summed E-state index contributed by atoms with van der Waals surface area (Å²) in [6.45, 7) is 0. The van der Waals surface area contributed by atoms with Crippen molar-refractivity contribution in [3.63, 3.8) is 0 Å². The van der Waals surface area contributed by atoms with Gasteiger partial charge in [-0.25, -0.2) is 4.98 Å². The van der Waals surface area contributed by atoms with Crippen LogP contribution in [0.1, 0.15) is 11.1 Å². The molecule has 1 aliphatic carbocycles. The maximum atomic E-state index is 5.28. The van der Waals surface area contributed by atoms with Crippen LogP contribution in [0.2, 0.25) is 0 Å². The van der Waals surface area contributed by atoms with Crippen LogP contribution in [0, 0.1) is 0 Å². The molecule has 0 saturated carbocycles. The van der Waals surface area contributed by atoms with Gasteiger partial charge in [-0.3, -0.25) is 4.40 Å². The molecule has 3 heterocycles. The lowest BCUT2D eigenvalue weighted by Crippen LogP contribution is -1.99. The van der Waals surface area contributed by atoms with Gasteiger partial charge in [-0.05, 0) is 58.7 Å². The molecule has 41 heavy (non-hydrogen) atoms. The zero-order valence-corrected chi connectivity index (χ0v) is 22.2. The molecule has 0 N–H and O–H groups in total. The summed E-state index contributed by atoms with van der Waals surface area (Å²) in [4.78, 5) is 5.28. The van der Waals surface area contributed by atoms with Crippen LogP contribution in [0.5, 0.6) is 0 Å².